The first-order valence-corrected chi connectivity index (χ1v) is 5.50. The van der Waals surface area contributed by atoms with Crippen molar-refractivity contribution >= 4 is 19.9 Å². The van der Waals surface area contributed by atoms with Crippen LogP contribution in [0, 0.1) is 0 Å². The first-order valence-electron chi connectivity index (χ1n) is 2.41. The van der Waals surface area contributed by atoms with Gasteiger partial charge in [-0.05, 0) is 6.54 Å². The Bertz CT molecular complexity index is 160. The van der Waals surface area contributed by atoms with E-state index < -0.39 is 9.15 Å². The molecule has 58 valence electrons. The van der Waals surface area contributed by atoms with Crippen molar-refractivity contribution in [2.75, 3.05) is 12.3 Å². The average Bonchev–Trinajstić information content (AvgIpc) is 1.63. The molecular formula is C3H9NNa2O3S2. The van der Waals surface area contributed by atoms with E-state index in [9.17, 15) is 13.0 Å². The second kappa shape index (κ2) is 10.3. The Kier molecular flexibility index (Phi) is 17.7. The van der Waals surface area contributed by atoms with Crippen LogP contribution in [0.3, 0.4) is 0 Å². The van der Waals surface area contributed by atoms with Gasteiger partial charge in [-0.2, -0.15) is 0 Å². The molecule has 0 radical (unpaired) electrons. The summed E-state index contributed by atoms with van der Waals surface area (Å²) >= 11 is 0. The summed E-state index contributed by atoms with van der Waals surface area (Å²) in [6.07, 6.45) is 0.586. The van der Waals surface area contributed by atoms with Crippen LogP contribution in [0.4, 0.5) is 0 Å². The standard InChI is InChI=1S/C3H10NO3S2.2Na/c4-2-1-3-8-9(5,6)7;;/h8H,1-4H2,(H,5,6,7);;/q-1;2*+1/p-1. The minimum absolute atomic E-state index is 0. The van der Waals surface area contributed by atoms with Crippen LogP contribution in [-0.2, 0) is 19.9 Å². The summed E-state index contributed by atoms with van der Waals surface area (Å²) in [7, 11) is -4.09. The van der Waals surface area contributed by atoms with Gasteiger partial charge in [0.05, 0.1) is 0 Å². The van der Waals surface area contributed by atoms with Gasteiger partial charge in [0.15, 0.2) is 0 Å². The molecule has 0 unspecified atom stereocenters. The quantitative estimate of drug-likeness (QED) is 0.127. The third-order valence-electron chi connectivity index (χ3n) is 0.612. The van der Waals surface area contributed by atoms with Crippen molar-refractivity contribution < 1.29 is 72.1 Å². The minimum atomic E-state index is -4.03. The van der Waals surface area contributed by atoms with Crippen LogP contribution in [-0.4, -0.2) is 25.3 Å². The summed E-state index contributed by atoms with van der Waals surface area (Å²) in [5.41, 5.74) is 5.06. The van der Waals surface area contributed by atoms with Crippen molar-refractivity contribution in [3.8, 4) is 0 Å². The average molecular weight is 217 g/mol. The van der Waals surface area contributed by atoms with Gasteiger partial charge in [0.25, 0.3) is 0 Å². The zero-order valence-electron chi connectivity index (χ0n) is 6.78. The van der Waals surface area contributed by atoms with E-state index in [1.165, 1.54) is 0 Å². The molecule has 0 bridgehead atoms. The van der Waals surface area contributed by atoms with Crippen LogP contribution in [0.25, 0.3) is 0 Å². The van der Waals surface area contributed by atoms with Crippen molar-refractivity contribution in [1.29, 1.82) is 0 Å². The van der Waals surface area contributed by atoms with Crippen molar-refractivity contribution in [2.45, 2.75) is 6.42 Å². The monoisotopic (exact) mass is 217 g/mol. The van der Waals surface area contributed by atoms with Gasteiger partial charge in [0.1, 0.15) is 0 Å². The topological polar surface area (TPSA) is 83.2 Å². The van der Waals surface area contributed by atoms with E-state index in [1.807, 2.05) is 0 Å². The molecule has 0 heterocycles. The minimum Gasteiger partial charge on any atom is -0.766 e. The molecule has 0 amide bonds. The smallest absolute Gasteiger partial charge is 0.766 e. The molecule has 0 aromatic rings. The van der Waals surface area contributed by atoms with E-state index in [0.717, 1.165) is 0 Å². The second-order valence-electron chi connectivity index (χ2n) is 1.42. The van der Waals surface area contributed by atoms with Crippen LogP contribution < -0.4 is 64.8 Å². The fraction of sp³-hybridized carbons (Fsp3) is 1.00. The predicted octanol–water partition coefficient (Wildman–Crippen LogP) is -7.38. The number of hydrogen-bond donors (Lipinski definition) is 1. The summed E-state index contributed by atoms with van der Waals surface area (Å²) in [5, 5.41) is 0. The van der Waals surface area contributed by atoms with E-state index in [4.69, 9.17) is 5.73 Å². The van der Waals surface area contributed by atoms with Crippen LogP contribution >= 0.6 is 0 Å². The van der Waals surface area contributed by atoms with E-state index in [0.29, 0.717) is 18.7 Å². The summed E-state index contributed by atoms with van der Waals surface area (Å²) < 4.78 is 29.7. The molecule has 0 spiro atoms. The van der Waals surface area contributed by atoms with Gasteiger partial charge in [-0.3, -0.25) is 8.42 Å². The Hall–Kier alpha value is 2.22. The number of nitrogens with two attached hydrogens (primary N) is 1. The molecule has 0 fully saturated rings. The van der Waals surface area contributed by atoms with Crippen LogP contribution in [0.5, 0.6) is 0 Å². The largest absolute Gasteiger partial charge is 1.00 e. The van der Waals surface area contributed by atoms with Gasteiger partial charge in [0, 0.05) is 9.15 Å². The molecule has 0 rings (SSSR count). The van der Waals surface area contributed by atoms with E-state index in [1.54, 1.807) is 0 Å². The van der Waals surface area contributed by atoms with Gasteiger partial charge in [-0.15, -0.1) is 5.75 Å². The molecule has 0 aliphatic carbocycles. The maximum Gasteiger partial charge on any atom is 1.00 e. The Morgan fingerprint density at radius 2 is 1.82 bits per heavy atom. The second-order valence-corrected chi connectivity index (χ2v) is 5.10. The van der Waals surface area contributed by atoms with Crippen molar-refractivity contribution in [3.63, 3.8) is 0 Å². The normalized spacial score (nSPS) is 10.0. The van der Waals surface area contributed by atoms with E-state index in [2.05, 4.69) is 0 Å². The van der Waals surface area contributed by atoms with Gasteiger partial charge in [-0.25, -0.2) is 0 Å². The SMILES string of the molecule is NCCC[SH-]S(=O)(=O)[O-].[Na+].[Na+]. The maximum absolute atomic E-state index is 9.90. The first kappa shape index (κ1) is 18.9. The zero-order chi connectivity index (χ0) is 7.33. The molecular weight excluding hydrogens is 208 g/mol. The van der Waals surface area contributed by atoms with Crippen molar-refractivity contribution in [2.24, 2.45) is 5.73 Å². The fourth-order valence-corrected chi connectivity index (χ4v) is 1.86. The third-order valence-corrected chi connectivity index (χ3v) is 2.92. The van der Waals surface area contributed by atoms with E-state index in [-0.39, 0.29) is 69.9 Å². The molecule has 11 heavy (non-hydrogen) atoms. The Morgan fingerprint density at radius 1 is 1.36 bits per heavy atom. The maximum atomic E-state index is 9.90. The van der Waals surface area contributed by atoms with Crippen molar-refractivity contribution in [1.82, 2.24) is 0 Å². The molecule has 0 atom stereocenters. The van der Waals surface area contributed by atoms with Crippen LogP contribution in [0.15, 0.2) is 0 Å². The summed E-state index contributed by atoms with van der Waals surface area (Å²) in [5.74, 6) is 0.350. The Balaban J connectivity index is -0.000000320. The van der Waals surface area contributed by atoms with Crippen LogP contribution in [0.2, 0.25) is 0 Å². The number of hydrogen-bond acceptors (Lipinski definition) is 5. The fourth-order valence-electron chi connectivity index (χ4n) is 0.268. The molecule has 0 aromatic carbocycles. The summed E-state index contributed by atoms with van der Waals surface area (Å²) in [6, 6.07) is 0. The molecule has 0 saturated heterocycles. The van der Waals surface area contributed by atoms with Gasteiger partial charge < -0.3 is 21.1 Å². The number of thiol groups is 1. The Morgan fingerprint density at radius 3 is 2.09 bits per heavy atom. The molecule has 2 N–H and O–H groups in total. The molecule has 0 saturated carbocycles. The van der Waals surface area contributed by atoms with E-state index >= 15 is 0 Å². The van der Waals surface area contributed by atoms with Gasteiger partial charge in [-0.1, -0.05) is 6.42 Å². The predicted molar refractivity (Wildman–Crippen MR) is 37.0 cm³/mol. The zero-order valence-corrected chi connectivity index (χ0v) is 12.5. The van der Waals surface area contributed by atoms with Gasteiger partial charge in [0.2, 0.25) is 0 Å². The first-order chi connectivity index (χ1) is 4.06. The van der Waals surface area contributed by atoms with Gasteiger partial charge >= 0.3 is 59.1 Å². The Labute approximate surface area is 115 Å². The molecule has 4 nitrogen and oxygen atoms in total. The molecule has 0 aliphatic rings. The third kappa shape index (κ3) is 18.9. The number of rotatable bonds is 4. The summed E-state index contributed by atoms with van der Waals surface area (Å²) in [6.45, 7) is 0.433. The molecule has 8 heteroatoms. The molecule has 0 aromatic heterocycles. The van der Waals surface area contributed by atoms with Crippen molar-refractivity contribution in [3.05, 3.63) is 0 Å². The van der Waals surface area contributed by atoms with Crippen LogP contribution in [0.1, 0.15) is 6.42 Å². The summed E-state index contributed by atoms with van der Waals surface area (Å²) in [4.78, 5) is 0. The molecule has 0 aliphatic heterocycles.